The van der Waals surface area contributed by atoms with Crippen molar-refractivity contribution in [3.63, 3.8) is 0 Å². The Bertz CT molecular complexity index is 305. The van der Waals surface area contributed by atoms with Crippen molar-refractivity contribution in [1.29, 1.82) is 0 Å². The van der Waals surface area contributed by atoms with Crippen molar-refractivity contribution in [2.45, 2.75) is 32.7 Å². The van der Waals surface area contributed by atoms with Gasteiger partial charge in [0.25, 0.3) is 0 Å². The van der Waals surface area contributed by atoms with Gasteiger partial charge in [0.1, 0.15) is 0 Å². The minimum absolute atomic E-state index is 0. The van der Waals surface area contributed by atoms with Crippen LogP contribution in [0.4, 0.5) is 0 Å². The molecule has 1 aromatic rings. The number of nitrogens with two attached hydrogens (primary N) is 1. The molecule has 1 rings (SSSR count). The summed E-state index contributed by atoms with van der Waals surface area (Å²) < 4.78 is 1.16. The molecule has 2 N–H and O–H groups in total. The summed E-state index contributed by atoms with van der Waals surface area (Å²) in [5, 5.41) is 0. The molecule has 0 spiro atoms. The predicted octanol–water partition coefficient (Wildman–Crippen LogP) is 3.46. The van der Waals surface area contributed by atoms with Gasteiger partial charge in [0.15, 0.2) is 0 Å². The Labute approximate surface area is 101 Å². The van der Waals surface area contributed by atoms with Crippen LogP contribution < -0.4 is 5.73 Å². The molecule has 0 radical (unpaired) electrons. The molecule has 0 saturated heterocycles. The topological polar surface area (TPSA) is 26.0 Å². The maximum Gasteiger partial charge on any atom is 0.0204 e. The van der Waals surface area contributed by atoms with E-state index in [2.05, 4.69) is 41.1 Å². The summed E-state index contributed by atoms with van der Waals surface area (Å²) in [5.41, 5.74) is 8.38. The zero-order valence-electron chi connectivity index (χ0n) is 8.80. The summed E-state index contributed by atoms with van der Waals surface area (Å²) in [5.74, 6) is 0. The molecular formula is C11H17BrClN. The van der Waals surface area contributed by atoms with Crippen LogP contribution in [-0.4, -0.2) is 5.54 Å². The Kier molecular flexibility index (Phi) is 5.13. The van der Waals surface area contributed by atoms with Crippen molar-refractivity contribution >= 4 is 28.3 Å². The highest BCUT2D eigenvalue weighted by Gasteiger charge is 2.11. The van der Waals surface area contributed by atoms with E-state index in [1.165, 1.54) is 11.1 Å². The summed E-state index contributed by atoms with van der Waals surface area (Å²) in [6.45, 7) is 6.19. The molecule has 0 aliphatic heterocycles. The SMILES string of the molecule is Cc1cc(CC(C)(C)N)ccc1Br.Cl. The first-order valence-electron chi connectivity index (χ1n) is 4.42. The van der Waals surface area contributed by atoms with Crippen LogP contribution in [0.3, 0.4) is 0 Å². The summed E-state index contributed by atoms with van der Waals surface area (Å²) in [6.07, 6.45) is 0.918. The maximum atomic E-state index is 5.94. The second kappa shape index (κ2) is 5.15. The molecule has 0 bridgehead atoms. The second-order valence-corrected chi connectivity index (χ2v) is 5.10. The molecule has 0 heterocycles. The molecule has 0 amide bonds. The van der Waals surface area contributed by atoms with Crippen molar-refractivity contribution in [1.82, 2.24) is 0 Å². The Hall–Kier alpha value is -0.0500. The normalized spacial score (nSPS) is 10.9. The molecule has 80 valence electrons. The minimum atomic E-state index is -0.125. The van der Waals surface area contributed by atoms with Gasteiger partial charge in [0.2, 0.25) is 0 Å². The number of hydrogen-bond donors (Lipinski definition) is 1. The third kappa shape index (κ3) is 4.45. The van der Waals surface area contributed by atoms with Crippen LogP contribution in [0.2, 0.25) is 0 Å². The Balaban J connectivity index is 0.00000169. The average Bonchev–Trinajstić information content (AvgIpc) is 1.94. The van der Waals surface area contributed by atoms with E-state index in [1.54, 1.807) is 0 Å². The van der Waals surface area contributed by atoms with E-state index in [0.717, 1.165) is 10.9 Å². The van der Waals surface area contributed by atoms with Crippen LogP contribution in [0.25, 0.3) is 0 Å². The molecule has 0 unspecified atom stereocenters. The number of halogens is 2. The number of hydrogen-bond acceptors (Lipinski definition) is 1. The number of benzene rings is 1. The fourth-order valence-electron chi connectivity index (χ4n) is 1.34. The van der Waals surface area contributed by atoms with E-state index in [-0.39, 0.29) is 17.9 Å². The Morgan fingerprint density at radius 3 is 2.36 bits per heavy atom. The highest BCUT2D eigenvalue weighted by molar-refractivity contribution is 9.10. The standard InChI is InChI=1S/C11H16BrN.ClH/c1-8-6-9(4-5-10(8)12)7-11(2,3)13;/h4-6H,7,13H2,1-3H3;1H. The van der Waals surface area contributed by atoms with Gasteiger partial charge in [0, 0.05) is 10.0 Å². The molecule has 3 heteroatoms. The molecule has 1 aromatic carbocycles. The van der Waals surface area contributed by atoms with Crippen molar-refractivity contribution in [2.24, 2.45) is 5.73 Å². The molecule has 0 fully saturated rings. The first-order chi connectivity index (χ1) is 5.88. The molecular weight excluding hydrogens is 261 g/mol. The van der Waals surface area contributed by atoms with E-state index in [1.807, 2.05) is 13.8 Å². The van der Waals surface area contributed by atoms with E-state index < -0.39 is 0 Å². The van der Waals surface area contributed by atoms with Gasteiger partial charge in [-0.05, 0) is 44.4 Å². The van der Waals surface area contributed by atoms with Crippen molar-refractivity contribution < 1.29 is 0 Å². The molecule has 0 atom stereocenters. The molecule has 0 aliphatic carbocycles. The van der Waals surface area contributed by atoms with E-state index >= 15 is 0 Å². The monoisotopic (exact) mass is 277 g/mol. The smallest absolute Gasteiger partial charge is 0.0204 e. The van der Waals surface area contributed by atoms with Crippen LogP contribution in [0.1, 0.15) is 25.0 Å². The van der Waals surface area contributed by atoms with Gasteiger partial charge < -0.3 is 5.73 Å². The Morgan fingerprint density at radius 1 is 1.36 bits per heavy atom. The molecule has 0 saturated carbocycles. The lowest BCUT2D eigenvalue weighted by Crippen LogP contribution is -2.34. The summed E-state index contributed by atoms with van der Waals surface area (Å²) >= 11 is 3.48. The lowest BCUT2D eigenvalue weighted by atomic mass is 9.95. The average molecular weight is 279 g/mol. The van der Waals surface area contributed by atoms with Gasteiger partial charge >= 0.3 is 0 Å². The number of rotatable bonds is 2. The van der Waals surface area contributed by atoms with E-state index in [4.69, 9.17) is 5.73 Å². The quantitative estimate of drug-likeness (QED) is 0.881. The third-order valence-corrected chi connectivity index (χ3v) is 2.77. The van der Waals surface area contributed by atoms with Gasteiger partial charge in [-0.3, -0.25) is 0 Å². The van der Waals surface area contributed by atoms with Crippen LogP contribution in [0.5, 0.6) is 0 Å². The van der Waals surface area contributed by atoms with Crippen molar-refractivity contribution in [3.8, 4) is 0 Å². The molecule has 0 aromatic heterocycles. The number of aryl methyl sites for hydroxylation is 1. The van der Waals surface area contributed by atoms with E-state index in [0.29, 0.717) is 0 Å². The lowest BCUT2D eigenvalue weighted by molar-refractivity contribution is 0.516. The van der Waals surface area contributed by atoms with Crippen LogP contribution in [0, 0.1) is 6.92 Å². The molecule has 14 heavy (non-hydrogen) atoms. The van der Waals surface area contributed by atoms with E-state index in [9.17, 15) is 0 Å². The summed E-state index contributed by atoms with van der Waals surface area (Å²) in [6, 6.07) is 6.38. The summed E-state index contributed by atoms with van der Waals surface area (Å²) in [4.78, 5) is 0. The van der Waals surface area contributed by atoms with Crippen LogP contribution in [0.15, 0.2) is 22.7 Å². The van der Waals surface area contributed by atoms with Gasteiger partial charge in [-0.25, -0.2) is 0 Å². The summed E-state index contributed by atoms with van der Waals surface area (Å²) in [7, 11) is 0. The second-order valence-electron chi connectivity index (χ2n) is 4.25. The van der Waals surface area contributed by atoms with Gasteiger partial charge in [0.05, 0.1) is 0 Å². The zero-order chi connectivity index (χ0) is 10.1. The van der Waals surface area contributed by atoms with Gasteiger partial charge in [-0.1, -0.05) is 28.1 Å². The fraction of sp³-hybridized carbons (Fsp3) is 0.455. The van der Waals surface area contributed by atoms with Crippen LogP contribution >= 0.6 is 28.3 Å². The molecule has 1 nitrogen and oxygen atoms in total. The van der Waals surface area contributed by atoms with Crippen molar-refractivity contribution in [2.75, 3.05) is 0 Å². The third-order valence-electron chi connectivity index (χ3n) is 1.88. The first kappa shape index (κ1) is 13.9. The first-order valence-corrected chi connectivity index (χ1v) is 5.22. The van der Waals surface area contributed by atoms with Crippen LogP contribution in [-0.2, 0) is 6.42 Å². The fourth-order valence-corrected chi connectivity index (χ4v) is 1.59. The molecule has 0 aliphatic rings. The highest BCUT2D eigenvalue weighted by Crippen LogP contribution is 2.19. The van der Waals surface area contributed by atoms with Gasteiger partial charge in [-0.15, -0.1) is 12.4 Å². The lowest BCUT2D eigenvalue weighted by Gasteiger charge is -2.18. The Morgan fingerprint density at radius 2 is 1.93 bits per heavy atom. The maximum absolute atomic E-state index is 5.94. The minimum Gasteiger partial charge on any atom is -0.325 e. The van der Waals surface area contributed by atoms with Gasteiger partial charge in [-0.2, -0.15) is 0 Å². The highest BCUT2D eigenvalue weighted by atomic mass is 79.9. The van der Waals surface area contributed by atoms with Crippen molar-refractivity contribution in [3.05, 3.63) is 33.8 Å². The largest absolute Gasteiger partial charge is 0.325 e. The predicted molar refractivity (Wildman–Crippen MR) is 68.1 cm³/mol. The zero-order valence-corrected chi connectivity index (χ0v) is 11.2.